The number of carbonyl (C=O) groups is 1. The molecule has 32 heavy (non-hydrogen) atoms. The van der Waals surface area contributed by atoms with E-state index in [0.29, 0.717) is 36.5 Å². The van der Waals surface area contributed by atoms with Crippen molar-refractivity contribution in [2.75, 3.05) is 13.7 Å². The Bertz CT molecular complexity index is 1120. The standard InChI is InChI=1S/C26H24N2O4/c1-3-31-16-28-26-21(15-27)24(18-9-11-20(30-2)12-10-18)25-22(29)13-19(14-23(25)32-26)17-7-5-4-6-8-17/h4-12,16,19,24H,3,13-14H2,1-2H3/t19-,24-/m0/s1. The fraction of sp³-hybridized carbons (Fsp3) is 0.269. The molecule has 0 unspecified atom stereocenters. The molecule has 2 aliphatic rings. The van der Waals surface area contributed by atoms with Gasteiger partial charge >= 0.3 is 0 Å². The normalized spacial score (nSPS) is 20.6. The van der Waals surface area contributed by atoms with Gasteiger partial charge in [0.15, 0.2) is 12.2 Å². The number of rotatable bonds is 6. The maximum absolute atomic E-state index is 13.4. The lowest BCUT2D eigenvalue weighted by Crippen LogP contribution is -2.28. The molecule has 0 spiro atoms. The van der Waals surface area contributed by atoms with Crippen LogP contribution in [0.15, 0.2) is 82.4 Å². The van der Waals surface area contributed by atoms with Crippen LogP contribution in [0.2, 0.25) is 0 Å². The van der Waals surface area contributed by atoms with Gasteiger partial charge in [0, 0.05) is 18.4 Å². The monoisotopic (exact) mass is 428 g/mol. The van der Waals surface area contributed by atoms with E-state index in [1.54, 1.807) is 7.11 Å². The molecule has 0 saturated heterocycles. The Kier molecular flexibility index (Phi) is 6.37. The number of aliphatic imine (C=N–C) groups is 1. The van der Waals surface area contributed by atoms with Crippen LogP contribution in [0.1, 0.15) is 42.7 Å². The molecule has 6 nitrogen and oxygen atoms in total. The van der Waals surface area contributed by atoms with E-state index in [1.165, 1.54) is 6.40 Å². The summed E-state index contributed by atoms with van der Waals surface area (Å²) >= 11 is 0. The fourth-order valence-electron chi connectivity index (χ4n) is 4.21. The summed E-state index contributed by atoms with van der Waals surface area (Å²) in [7, 11) is 1.60. The summed E-state index contributed by atoms with van der Waals surface area (Å²) in [5, 5.41) is 10.00. The van der Waals surface area contributed by atoms with Gasteiger partial charge < -0.3 is 14.2 Å². The molecule has 1 aliphatic carbocycles. The van der Waals surface area contributed by atoms with Gasteiger partial charge in [-0.15, -0.1) is 0 Å². The van der Waals surface area contributed by atoms with Crippen LogP contribution in [-0.4, -0.2) is 25.9 Å². The highest BCUT2D eigenvalue weighted by Gasteiger charge is 2.41. The van der Waals surface area contributed by atoms with E-state index >= 15 is 0 Å². The van der Waals surface area contributed by atoms with Crippen LogP contribution in [0.5, 0.6) is 5.75 Å². The van der Waals surface area contributed by atoms with Gasteiger partial charge in [0.2, 0.25) is 5.88 Å². The van der Waals surface area contributed by atoms with Crippen LogP contribution in [0.4, 0.5) is 0 Å². The molecule has 6 heteroatoms. The van der Waals surface area contributed by atoms with Crippen molar-refractivity contribution in [3.05, 3.63) is 88.5 Å². The number of ketones is 1. The Labute approximate surface area is 187 Å². The van der Waals surface area contributed by atoms with Crippen molar-refractivity contribution < 1.29 is 19.0 Å². The van der Waals surface area contributed by atoms with Crippen molar-refractivity contribution in [1.82, 2.24) is 0 Å². The molecule has 0 radical (unpaired) electrons. The minimum absolute atomic E-state index is 0.0125. The van der Waals surface area contributed by atoms with E-state index in [4.69, 9.17) is 14.2 Å². The summed E-state index contributed by atoms with van der Waals surface area (Å²) in [5.74, 6) is 0.890. The zero-order valence-electron chi connectivity index (χ0n) is 18.1. The van der Waals surface area contributed by atoms with Gasteiger partial charge in [-0.25, -0.2) is 0 Å². The zero-order valence-corrected chi connectivity index (χ0v) is 18.1. The number of Topliss-reactive ketones (excluding diaryl/α,β-unsaturated/α-hetero) is 1. The first-order chi connectivity index (χ1) is 15.7. The third kappa shape index (κ3) is 4.15. The SMILES string of the molecule is CCOC=NC1=C(C#N)[C@H](c2ccc(OC)cc2)C2=C(C[C@@H](c3ccccc3)CC2=O)O1. The lowest BCUT2D eigenvalue weighted by Gasteiger charge is -2.34. The lowest BCUT2D eigenvalue weighted by atomic mass is 9.73. The van der Waals surface area contributed by atoms with Gasteiger partial charge in [-0.1, -0.05) is 42.5 Å². The summed E-state index contributed by atoms with van der Waals surface area (Å²) in [4.78, 5) is 17.7. The van der Waals surface area contributed by atoms with E-state index in [2.05, 4.69) is 11.1 Å². The smallest absolute Gasteiger partial charge is 0.236 e. The number of methoxy groups -OCH3 is 1. The van der Waals surface area contributed by atoms with Gasteiger partial charge in [0.1, 0.15) is 23.2 Å². The first-order valence-corrected chi connectivity index (χ1v) is 10.6. The molecule has 2 aromatic carbocycles. The molecule has 2 aromatic rings. The van der Waals surface area contributed by atoms with Crippen LogP contribution in [-0.2, 0) is 14.3 Å². The van der Waals surface area contributed by atoms with E-state index in [-0.39, 0.29) is 23.2 Å². The van der Waals surface area contributed by atoms with E-state index < -0.39 is 5.92 Å². The van der Waals surface area contributed by atoms with Gasteiger partial charge in [-0.2, -0.15) is 10.3 Å². The Morgan fingerprint density at radius 3 is 2.53 bits per heavy atom. The maximum Gasteiger partial charge on any atom is 0.236 e. The third-order valence-corrected chi connectivity index (χ3v) is 5.74. The number of carbonyl (C=O) groups excluding carboxylic acids is 1. The number of hydrogen-bond acceptors (Lipinski definition) is 6. The number of ether oxygens (including phenoxy) is 3. The van der Waals surface area contributed by atoms with Crippen molar-refractivity contribution in [2.24, 2.45) is 4.99 Å². The van der Waals surface area contributed by atoms with Gasteiger partial charge in [0.05, 0.1) is 19.6 Å². The van der Waals surface area contributed by atoms with E-state index in [1.807, 2.05) is 61.5 Å². The Hall–Kier alpha value is -3.85. The Morgan fingerprint density at radius 1 is 1.12 bits per heavy atom. The molecule has 0 bridgehead atoms. The first kappa shape index (κ1) is 21.4. The van der Waals surface area contributed by atoms with Crippen LogP contribution in [0.25, 0.3) is 0 Å². The summed E-state index contributed by atoms with van der Waals surface area (Å²) in [6.45, 7) is 2.29. The minimum atomic E-state index is -0.548. The summed E-state index contributed by atoms with van der Waals surface area (Å²) in [6, 6.07) is 19.6. The van der Waals surface area contributed by atoms with E-state index in [0.717, 1.165) is 11.1 Å². The van der Waals surface area contributed by atoms with Crippen LogP contribution < -0.4 is 4.74 Å². The number of nitriles is 1. The third-order valence-electron chi connectivity index (χ3n) is 5.74. The van der Waals surface area contributed by atoms with Gasteiger partial charge in [-0.3, -0.25) is 4.79 Å². The average Bonchev–Trinajstić information content (AvgIpc) is 2.84. The number of nitrogens with zero attached hydrogens (tertiary/aromatic N) is 2. The maximum atomic E-state index is 13.4. The highest BCUT2D eigenvalue weighted by Crippen LogP contribution is 2.47. The second kappa shape index (κ2) is 9.52. The molecular formula is C26H24N2O4. The second-order valence-corrected chi connectivity index (χ2v) is 7.60. The largest absolute Gasteiger partial charge is 0.497 e. The van der Waals surface area contributed by atoms with Crippen molar-refractivity contribution in [1.29, 1.82) is 5.26 Å². The quantitative estimate of drug-likeness (QED) is 0.477. The van der Waals surface area contributed by atoms with Crippen molar-refractivity contribution in [2.45, 2.75) is 31.6 Å². The summed E-state index contributed by atoms with van der Waals surface area (Å²) < 4.78 is 16.6. The van der Waals surface area contributed by atoms with Crippen molar-refractivity contribution in [3.8, 4) is 11.8 Å². The predicted octanol–water partition coefficient (Wildman–Crippen LogP) is 5.01. The molecule has 0 N–H and O–H groups in total. The molecular weight excluding hydrogens is 404 g/mol. The van der Waals surface area contributed by atoms with Crippen molar-refractivity contribution in [3.63, 3.8) is 0 Å². The molecule has 162 valence electrons. The van der Waals surface area contributed by atoms with Crippen LogP contribution >= 0.6 is 0 Å². The topological polar surface area (TPSA) is 80.9 Å². The van der Waals surface area contributed by atoms with E-state index in [9.17, 15) is 10.1 Å². The molecule has 0 saturated carbocycles. The molecule has 1 aliphatic heterocycles. The number of benzene rings is 2. The molecule has 0 aromatic heterocycles. The van der Waals surface area contributed by atoms with Gasteiger partial charge in [0.25, 0.3) is 0 Å². The first-order valence-electron chi connectivity index (χ1n) is 10.6. The van der Waals surface area contributed by atoms with Gasteiger partial charge in [-0.05, 0) is 36.1 Å². The summed E-state index contributed by atoms with van der Waals surface area (Å²) in [6.07, 6.45) is 2.21. The second-order valence-electron chi connectivity index (χ2n) is 7.60. The molecule has 1 heterocycles. The summed E-state index contributed by atoms with van der Waals surface area (Å²) in [5.41, 5.74) is 2.73. The molecule has 0 amide bonds. The zero-order chi connectivity index (χ0) is 22.5. The molecule has 4 rings (SSSR count). The minimum Gasteiger partial charge on any atom is -0.497 e. The highest BCUT2D eigenvalue weighted by molar-refractivity contribution is 6.00. The van der Waals surface area contributed by atoms with Crippen LogP contribution in [0.3, 0.4) is 0 Å². The Balaban J connectivity index is 1.80. The highest BCUT2D eigenvalue weighted by atomic mass is 16.5. The average molecular weight is 428 g/mol. The number of allylic oxidation sites excluding steroid dienone is 3. The lowest BCUT2D eigenvalue weighted by molar-refractivity contribution is -0.117. The van der Waals surface area contributed by atoms with Crippen LogP contribution in [0, 0.1) is 11.3 Å². The molecule has 2 atom stereocenters. The van der Waals surface area contributed by atoms with Crippen molar-refractivity contribution >= 4 is 12.2 Å². The fourth-order valence-corrected chi connectivity index (χ4v) is 4.21. The predicted molar refractivity (Wildman–Crippen MR) is 120 cm³/mol. The molecule has 0 fully saturated rings. The Morgan fingerprint density at radius 2 is 1.88 bits per heavy atom. The number of hydrogen-bond donors (Lipinski definition) is 0.